The van der Waals surface area contributed by atoms with E-state index in [9.17, 15) is 9.18 Å². The van der Waals surface area contributed by atoms with Crippen molar-refractivity contribution in [1.82, 2.24) is 9.55 Å². The van der Waals surface area contributed by atoms with Crippen molar-refractivity contribution in [2.45, 2.75) is 18.9 Å². The zero-order chi connectivity index (χ0) is 19.8. The summed E-state index contributed by atoms with van der Waals surface area (Å²) in [6, 6.07) is 24.3. The molecule has 0 radical (unpaired) electrons. The highest BCUT2D eigenvalue weighted by Gasteiger charge is 2.34. The first-order chi connectivity index (χ1) is 14.2. The molecule has 0 bridgehead atoms. The van der Waals surface area contributed by atoms with Gasteiger partial charge < -0.3 is 9.47 Å². The van der Waals surface area contributed by atoms with Crippen LogP contribution in [0.4, 0.5) is 10.1 Å². The summed E-state index contributed by atoms with van der Waals surface area (Å²) in [6.45, 7) is 1.20. The van der Waals surface area contributed by atoms with Gasteiger partial charge in [-0.15, -0.1) is 0 Å². The molecule has 29 heavy (non-hydrogen) atoms. The van der Waals surface area contributed by atoms with Crippen molar-refractivity contribution in [3.8, 4) is 0 Å². The lowest BCUT2D eigenvalue weighted by atomic mass is 10.1. The van der Waals surface area contributed by atoms with Crippen molar-refractivity contribution >= 4 is 22.6 Å². The number of rotatable bonds is 4. The molecule has 1 aromatic heterocycles. The Bertz CT molecular complexity index is 1170. The lowest BCUT2D eigenvalue weighted by Gasteiger charge is -2.17. The van der Waals surface area contributed by atoms with E-state index in [4.69, 9.17) is 4.98 Å². The number of imidazole rings is 1. The Labute approximate surface area is 168 Å². The smallest absolute Gasteiger partial charge is 0.227 e. The summed E-state index contributed by atoms with van der Waals surface area (Å²) < 4.78 is 15.5. The van der Waals surface area contributed by atoms with Crippen LogP contribution < -0.4 is 4.90 Å². The highest BCUT2D eigenvalue weighted by Crippen LogP contribution is 2.33. The lowest BCUT2D eigenvalue weighted by Crippen LogP contribution is -2.24. The maximum absolute atomic E-state index is 13.3. The van der Waals surface area contributed by atoms with Gasteiger partial charge >= 0.3 is 0 Å². The number of halogens is 1. The fourth-order valence-electron chi connectivity index (χ4n) is 4.08. The molecule has 1 aliphatic heterocycles. The second kappa shape index (κ2) is 7.17. The minimum atomic E-state index is -0.246. The number of para-hydroxylation sites is 3. The van der Waals surface area contributed by atoms with E-state index in [1.54, 1.807) is 12.1 Å². The van der Waals surface area contributed by atoms with Gasteiger partial charge in [0.1, 0.15) is 11.6 Å². The number of anilines is 1. The van der Waals surface area contributed by atoms with Crippen LogP contribution in [-0.4, -0.2) is 22.0 Å². The predicted molar refractivity (Wildman–Crippen MR) is 111 cm³/mol. The number of hydrogen-bond acceptors (Lipinski definition) is 2. The van der Waals surface area contributed by atoms with E-state index in [0.717, 1.165) is 28.1 Å². The molecule has 3 aromatic carbocycles. The van der Waals surface area contributed by atoms with Gasteiger partial charge in [-0.05, 0) is 42.0 Å². The molecule has 1 saturated heterocycles. The Kier molecular flexibility index (Phi) is 4.35. The van der Waals surface area contributed by atoms with Gasteiger partial charge in [0.2, 0.25) is 5.91 Å². The molecule has 0 unspecified atom stereocenters. The number of aromatic nitrogens is 2. The van der Waals surface area contributed by atoms with Gasteiger partial charge in [0.15, 0.2) is 0 Å². The summed E-state index contributed by atoms with van der Waals surface area (Å²) in [6.07, 6.45) is 0.432. The zero-order valence-electron chi connectivity index (χ0n) is 15.8. The SMILES string of the molecule is O=C1C[C@H](c2nc3ccccc3n2Cc2ccc(F)cc2)CN1c1ccccc1. The monoisotopic (exact) mass is 385 g/mol. The first-order valence-corrected chi connectivity index (χ1v) is 9.74. The number of hydrogen-bond donors (Lipinski definition) is 0. The summed E-state index contributed by atoms with van der Waals surface area (Å²) in [7, 11) is 0. The number of nitrogens with zero attached hydrogens (tertiary/aromatic N) is 3. The number of benzene rings is 3. The van der Waals surface area contributed by atoms with Crippen molar-refractivity contribution in [2.75, 3.05) is 11.4 Å². The van der Waals surface area contributed by atoms with Gasteiger partial charge in [0, 0.05) is 31.1 Å². The molecular weight excluding hydrogens is 365 g/mol. The summed E-state index contributed by atoms with van der Waals surface area (Å²) in [5.41, 5.74) is 3.86. The Morgan fingerprint density at radius 3 is 2.45 bits per heavy atom. The first kappa shape index (κ1) is 17.6. The lowest BCUT2D eigenvalue weighted by molar-refractivity contribution is -0.117. The molecule has 1 atom stereocenters. The van der Waals surface area contributed by atoms with E-state index >= 15 is 0 Å². The minimum Gasteiger partial charge on any atom is -0.323 e. The highest BCUT2D eigenvalue weighted by molar-refractivity contribution is 5.96. The molecule has 0 aliphatic carbocycles. The van der Waals surface area contributed by atoms with Crippen molar-refractivity contribution in [2.24, 2.45) is 0 Å². The van der Waals surface area contributed by atoms with E-state index in [2.05, 4.69) is 4.57 Å². The quantitative estimate of drug-likeness (QED) is 0.509. The largest absolute Gasteiger partial charge is 0.323 e. The van der Waals surface area contributed by atoms with Crippen LogP contribution in [0.3, 0.4) is 0 Å². The molecule has 0 saturated carbocycles. The van der Waals surface area contributed by atoms with E-state index < -0.39 is 0 Å². The third-order valence-electron chi connectivity index (χ3n) is 5.50. The maximum atomic E-state index is 13.3. The van der Waals surface area contributed by atoms with Crippen molar-refractivity contribution in [3.05, 3.63) is 96.1 Å². The van der Waals surface area contributed by atoms with Gasteiger partial charge in [-0.1, -0.05) is 42.5 Å². The van der Waals surface area contributed by atoms with Crippen LogP contribution in [0, 0.1) is 5.82 Å². The third-order valence-corrected chi connectivity index (χ3v) is 5.50. The topological polar surface area (TPSA) is 38.1 Å². The third kappa shape index (κ3) is 3.29. The number of carbonyl (C=O) groups excluding carboxylic acids is 1. The van der Waals surface area contributed by atoms with Gasteiger partial charge in [-0.2, -0.15) is 0 Å². The molecule has 2 heterocycles. The second-order valence-electron chi connectivity index (χ2n) is 7.41. The molecule has 4 nitrogen and oxygen atoms in total. The van der Waals surface area contributed by atoms with E-state index in [0.29, 0.717) is 19.5 Å². The minimum absolute atomic E-state index is 0.00977. The van der Waals surface area contributed by atoms with Crippen molar-refractivity contribution < 1.29 is 9.18 Å². The molecule has 0 spiro atoms. The van der Waals surface area contributed by atoms with Crippen molar-refractivity contribution in [3.63, 3.8) is 0 Å². The Morgan fingerprint density at radius 2 is 1.66 bits per heavy atom. The van der Waals surface area contributed by atoms with Crippen LogP contribution in [0.15, 0.2) is 78.9 Å². The summed E-state index contributed by atoms with van der Waals surface area (Å²) in [4.78, 5) is 19.4. The normalized spacial score (nSPS) is 16.7. The molecule has 5 rings (SSSR count). The second-order valence-corrected chi connectivity index (χ2v) is 7.41. The maximum Gasteiger partial charge on any atom is 0.227 e. The van der Waals surface area contributed by atoms with Gasteiger partial charge in [-0.3, -0.25) is 4.79 Å². The Hall–Kier alpha value is -3.47. The van der Waals surface area contributed by atoms with E-state index in [1.165, 1.54) is 12.1 Å². The number of fused-ring (bicyclic) bond motifs is 1. The van der Waals surface area contributed by atoms with Crippen LogP contribution in [-0.2, 0) is 11.3 Å². The fourth-order valence-corrected chi connectivity index (χ4v) is 4.08. The van der Waals surface area contributed by atoms with Crippen molar-refractivity contribution in [1.29, 1.82) is 0 Å². The molecule has 4 aromatic rings. The number of carbonyl (C=O) groups is 1. The van der Waals surface area contributed by atoms with Crippen LogP contribution in [0.1, 0.15) is 23.7 Å². The van der Waals surface area contributed by atoms with E-state index in [-0.39, 0.29) is 17.6 Å². The average molecular weight is 385 g/mol. The van der Waals surface area contributed by atoms with Gasteiger partial charge in [0.05, 0.1) is 11.0 Å². The van der Waals surface area contributed by atoms with Crippen LogP contribution in [0.25, 0.3) is 11.0 Å². The molecule has 144 valence electrons. The van der Waals surface area contributed by atoms with Gasteiger partial charge in [-0.25, -0.2) is 9.37 Å². The zero-order valence-corrected chi connectivity index (χ0v) is 15.8. The number of amides is 1. The van der Waals surface area contributed by atoms with E-state index in [1.807, 2.05) is 59.5 Å². The Morgan fingerprint density at radius 1 is 0.931 bits per heavy atom. The standard InChI is InChI=1S/C24H20FN3O/c25-19-12-10-17(11-13-19)15-28-22-9-5-4-8-21(22)26-24(28)18-14-23(29)27(16-18)20-6-2-1-3-7-20/h1-13,18H,14-16H2/t18-/m0/s1. The summed E-state index contributed by atoms with van der Waals surface area (Å²) in [5, 5.41) is 0. The predicted octanol–water partition coefficient (Wildman–Crippen LogP) is 4.74. The van der Waals surface area contributed by atoms with Crippen LogP contribution in [0.2, 0.25) is 0 Å². The highest BCUT2D eigenvalue weighted by atomic mass is 19.1. The average Bonchev–Trinajstić information content (AvgIpc) is 3.31. The molecule has 5 heteroatoms. The fraction of sp³-hybridized carbons (Fsp3) is 0.167. The molecule has 1 fully saturated rings. The first-order valence-electron chi connectivity index (χ1n) is 9.74. The molecule has 1 amide bonds. The summed E-state index contributed by atoms with van der Waals surface area (Å²) >= 11 is 0. The summed E-state index contributed by atoms with van der Waals surface area (Å²) in [5.74, 6) is 0.781. The van der Waals surface area contributed by atoms with Gasteiger partial charge in [0.25, 0.3) is 0 Å². The van der Waals surface area contributed by atoms with Crippen LogP contribution in [0.5, 0.6) is 0 Å². The molecular formula is C24H20FN3O. The Balaban J connectivity index is 1.53. The molecule has 1 aliphatic rings. The van der Waals surface area contributed by atoms with Crippen LogP contribution >= 0.6 is 0 Å². The molecule has 0 N–H and O–H groups in total.